The van der Waals surface area contributed by atoms with Crippen LogP contribution in [0, 0.1) is 6.92 Å². The first-order valence-electron chi connectivity index (χ1n) is 5.08. The van der Waals surface area contributed by atoms with Crippen molar-refractivity contribution in [1.29, 1.82) is 0 Å². The van der Waals surface area contributed by atoms with Gasteiger partial charge >= 0.3 is 0 Å². The Labute approximate surface area is 94.3 Å². The molecule has 2 rings (SSSR count). The van der Waals surface area contributed by atoms with E-state index >= 15 is 0 Å². The van der Waals surface area contributed by atoms with E-state index in [1.807, 2.05) is 43.3 Å². The number of nitrogens with zero attached hydrogens (tertiary/aromatic N) is 2. The van der Waals surface area contributed by atoms with Gasteiger partial charge in [0.2, 0.25) is 5.95 Å². The van der Waals surface area contributed by atoms with Crippen molar-refractivity contribution in [3.05, 3.63) is 53.3 Å². The highest BCUT2D eigenvalue weighted by atomic mass is 15.0. The predicted molar refractivity (Wildman–Crippen MR) is 63.7 cm³/mol. The van der Waals surface area contributed by atoms with Crippen LogP contribution in [0.25, 0.3) is 0 Å². The van der Waals surface area contributed by atoms with Gasteiger partial charge in [0.15, 0.2) is 0 Å². The molecular formula is C12H14N4. The summed E-state index contributed by atoms with van der Waals surface area (Å²) in [5, 5.41) is 0. The number of aryl methyl sites for hydroxylation is 1. The fourth-order valence-corrected chi connectivity index (χ4v) is 1.61. The first-order valence-corrected chi connectivity index (χ1v) is 5.08. The summed E-state index contributed by atoms with van der Waals surface area (Å²) in [4.78, 5) is 8.17. The van der Waals surface area contributed by atoms with Gasteiger partial charge in [0.1, 0.15) is 0 Å². The van der Waals surface area contributed by atoms with E-state index in [2.05, 4.69) is 9.97 Å². The fraction of sp³-hybridized carbons (Fsp3) is 0.167. The third kappa shape index (κ3) is 2.17. The largest absolute Gasteiger partial charge is 0.368 e. The lowest BCUT2D eigenvalue weighted by molar-refractivity contribution is 0.819. The van der Waals surface area contributed by atoms with Crippen molar-refractivity contribution >= 4 is 5.95 Å². The third-order valence-electron chi connectivity index (χ3n) is 2.37. The van der Waals surface area contributed by atoms with Gasteiger partial charge < -0.3 is 11.5 Å². The van der Waals surface area contributed by atoms with Crippen molar-refractivity contribution in [2.24, 2.45) is 5.73 Å². The van der Waals surface area contributed by atoms with Crippen LogP contribution in [-0.4, -0.2) is 9.97 Å². The van der Waals surface area contributed by atoms with Crippen LogP contribution < -0.4 is 11.5 Å². The molecule has 0 aliphatic heterocycles. The third-order valence-corrected chi connectivity index (χ3v) is 2.37. The van der Waals surface area contributed by atoms with Crippen molar-refractivity contribution < 1.29 is 0 Å². The Morgan fingerprint density at radius 3 is 2.44 bits per heavy atom. The van der Waals surface area contributed by atoms with Gasteiger partial charge in [-0.2, -0.15) is 0 Å². The zero-order valence-electron chi connectivity index (χ0n) is 9.09. The molecule has 16 heavy (non-hydrogen) atoms. The number of aromatic nitrogens is 2. The van der Waals surface area contributed by atoms with Gasteiger partial charge in [-0.05, 0) is 18.6 Å². The monoisotopic (exact) mass is 214 g/mol. The molecule has 4 nitrogen and oxygen atoms in total. The Morgan fingerprint density at radius 1 is 1.12 bits per heavy atom. The minimum atomic E-state index is -0.259. The van der Waals surface area contributed by atoms with Crippen LogP contribution >= 0.6 is 0 Å². The van der Waals surface area contributed by atoms with Gasteiger partial charge in [-0.3, -0.25) is 0 Å². The molecule has 2 aromatic rings. The molecule has 1 unspecified atom stereocenters. The molecule has 0 saturated heterocycles. The normalized spacial score (nSPS) is 12.4. The zero-order valence-corrected chi connectivity index (χ0v) is 9.09. The second-order valence-corrected chi connectivity index (χ2v) is 3.68. The van der Waals surface area contributed by atoms with Crippen molar-refractivity contribution in [2.45, 2.75) is 13.0 Å². The minimum absolute atomic E-state index is 0.259. The molecule has 0 radical (unpaired) electrons. The van der Waals surface area contributed by atoms with Gasteiger partial charge in [-0.25, -0.2) is 9.97 Å². The lowest BCUT2D eigenvalue weighted by Crippen LogP contribution is -2.15. The minimum Gasteiger partial charge on any atom is -0.368 e. The molecule has 0 aliphatic rings. The van der Waals surface area contributed by atoms with Crippen molar-refractivity contribution in [3.8, 4) is 0 Å². The quantitative estimate of drug-likeness (QED) is 0.792. The van der Waals surface area contributed by atoms with Crippen molar-refractivity contribution in [1.82, 2.24) is 9.97 Å². The highest BCUT2D eigenvalue weighted by Crippen LogP contribution is 2.18. The van der Waals surface area contributed by atoms with Gasteiger partial charge in [0.05, 0.1) is 11.7 Å². The Hall–Kier alpha value is -1.94. The maximum Gasteiger partial charge on any atom is 0.220 e. The molecule has 4 heteroatoms. The van der Waals surface area contributed by atoms with E-state index in [0.717, 1.165) is 17.0 Å². The number of nitrogen functional groups attached to an aromatic ring is 1. The van der Waals surface area contributed by atoms with E-state index in [1.54, 1.807) is 0 Å². The smallest absolute Gasteiger partial charge is 0.220 e. The molecule has 82 valence electrons. The highest BCUT2D eigenvalue weighted by molar-refractivity contribution is 5.31. The second kappa shape index (κ2) is 4.28. The van der Waals surface area contributed by atoms with Crippen LogP contribution in [-0.2, 0) is 0 Å². The van der Waals surface area contributed by atoms with Crippen LogP contribution in [0.3, 0.4) is 0 Å². The predicted octanol–water partition coefficient (Wildman–Crippen LogP) is 1.42. The van der Waals surface area contributed by atoms with E-state index in [0.29, 0.717) is 0 Å². The summed E-state index contributed by atoms with van der Waals surface area (Å²) in [6, 6.07) is 11.4. The Kier molecular flexibility index (Phi) is 2.83. The maximum atomic E-state index is 6.11. The van der Waals surface area contributed by atoms with Crippen molar-refractivity contribution in [3.63, 3.8) is 0 Å². The summed E-state index contributed by atoms with van der Waals surface area (Å²) >= 11 is 0. The Morgan fingerprint density at radius 2 is 1.81 bits per heavy atom. The second-order valence-electron chi connectivity index (χ2n) is 3.68. The highest BCUT2D eigenvalue weighted by Gasteiger charge is 2.11. The number of anilines is 1. The molecule has 0 aliphatic carbocycles. The first-order chi connectivity index (χ1) is 7.66. The van der Waals surface area contributed by atoms with Gasteiger partial charge in [0, 0.05) is 5.69 Å². The number of nitrogens with two attached hydrogens (primary N) is 2. The molecule has 1 heterocycles. The Balaban J connectivity index is 2.37. The number of hydrogen-bond acceptors (Lipinski definition) is 4. The number of rotatable bonds is 2. The molecular weight excluding hydrogens is 200 g/mol. The van der Waals surface area contributed by atoms with Crippen LogP contribution in [0.5, 0.6) is 0 Å². The molecule has 1 aromatic heterocycles. The SMILES string of the molecule is Cc1cc(C(N)c2ccccc2)nc(N)n1. The fourth-order valence-electron chi connectivity index (χ4n) is 1.61. The van der Waals surface area contributed by atoms with Crippen LogP contribution in [0.1, 0.15) is 23.0 Å². The van der Waals surface area contributed by atoms with Gasteiger partial charge in [-0.1, -0.05) is 30.3 Å². The Bertz CT molecular complexity index is 461. The molecule has 0 bridgehead atoms. The summed E-state index contributed by atoms with van der Waals surface area (Å²) < 4.78 is 0. The molecule has 4 N–H and O–H groups in total. The lowest BCUT2D eigenvalue weighted by Gasteiger charge is -2.12. The van der Waals surface area contributed by atoms with Gasteiger partial charge in [-0.15, -0.1) is 0 Å². The molecule has 1 aromatic carbocycles. The average molecular weight is 214 g/mol. The number of benzene rings is 1. The van der Waals surface area contributed by atoms with Crippen LogP contribution in [0.4, 0.5) is 5.95 Å². The molecule has 0 spiro atoms. The summed E-state index contributed by atoms with van der Waals surface area (Å²) in [5.41, 5.74) is 14.3. The summed E-state index contributed by atoms with van der Waals surface area (Å²) in [6.07, 6.45) is 0. The van der Waals surface area contributed by atoms with Crippen LogP contribution in [0.2, 0.25) is 0 Å². The summed E-state index contributed by atoms with van der Waals surface area (Å²) in [5.74, 6) is 0.265. The zero-order chi connectivity index (χ0) is 11.5. The van der Waals surface area contributed by atoms with E-state index in [1.165, 1.54) is 0 Å². The van der Waals surface area contributed by atoms with E-state index in [-0.39, 0.29) is 12.0 Å². The standard InChI is InChI=1S/C12H14N4/c1-8-7-10(16-12(14)15-8)11(13)9-5-3-2-4-6-9/h2-7,11H,13H2,1H3,(H2,14,15,16). The van der Waals surface area contributed by atoms with Crippen molar-refractivity contribution in [2.75, 3.05) is 5.73 Å². The van der Waals surface area contributed by atoms with E-state index in [4.69, 9.17) is 11.5 Å². The average Bonchev–Trinajstić information content (AvgIpc) is 2.28. The van der Waals surface area contributed by atoms with E-state index in [9.17, 15) is 0 Å². The lowest BCUT2D eigenvalue weighted by atomic mass is 10.0. The first kappa shape index (κ1) is 10.6. The number of hydrogen-bond donors (Lipinski definition) is 2. The molecule has 0 fully saturated rings. The summed E-state index contributed by atoms with van der Waals surface area (Å²) in [6.45, 7) is 1.87. The molecule has 1 atom stereocenters. The van der Waals surface area contributed by atoms with Crippen LogP contribution in [0.15, 0.2) is 36.4 Å². The van der Waals surface area contributed by atoms with Gasteiger partial charge in [0.25, 0.3) is 0 Å². The van der Waals surface area contributed by atoms with E-state index < -0.39 is 0 Å². The molecule has 0 amide bonds. The maximum absolute atomic E-state index is 6.11. The summed E-state index contributed by atoms with van der Waals surface area (Å²) in [7, 11) is 0. The molecule has 0 saturated carbocycles. The topological polar surface area (TPSA) is 77.8 Å².